The fourth-order valence-corrected chi connectivity index (χ4v) is 2.80. The molecule has 0 atom stereocenters. The van der Waals surface area contributed by atoms with Crippen molar-refractivity contribution in [3.63, 3.8) is 0 Å². The van der Waals surface area contributed by atoms with E-state index in [9.17, 15) is 9.59 Å². The third-order valence-electron chi connectivity index (χ3n) is 3.98. The minimum atomic E-state index is -0.323. The number of aryl methyl sites for hydroxylation is 3. The molecule has 0 saturated carbocycles. The van der Waals surface area contributed by atoms with Gasteiger partial charge in [-0.05, 0) is 62.6 Å². The fraction of sp³-hybridized carbons (Fsp3) is 0.273. The number of anilines is 1. The van der Waals surface area contributed by atoms with Crippen molar-refractivity contribution in [3.05, 3.63) is 64.7 Å². The Balaban J connectivity index is 1.85. The number of carbonyl (C=O) groups excluding carboxylic acids is 2. The van der Waals surface area contributed by atoms with Crippen LogP contribution in [-0.4, -0.2) is 25.0 Å². The Morgan fingerprint density at radius 3 is 2.26 bits per heavy atom. The summed E-state index contributed by atoms with van der Waals surface area (Å²) in [5.41, 5.74) is 4.83. The number of hydrogen-bond donors (Lipinski definition) is 2. The summed E-state index contributed by atoms with van der Waals surface area (Å²) in [5, 5.41) is 5.45. The molecule has 0 radical (unpaired) electrons. The molecule has 5 heteroatoms. The first-order valence-electron chi connectivity index (χ1n) is 8.95. The van der Waals surface area contributed by atoms with Crippen LogP contribution in [0.3, 0.4) is 0 Å². The monoisotopic (exact) mass is 366 g/mol. The Hall–Kier alpha value is -3.08. The molecule has 2 amide bonds. The number of ether oxygens (including phenoxy) is 1. The number of benzene rings is 2. The van der Waals surface area contributed by atoms with Crippen LogP contribution in [0.5, 0.6) is 5.75 Å². The van der Waals surface area contributed by atoms with Crippen molar-refractivity contribution in [3.8, 4) is 5.75 Å². The second-order valence-electron chi connectivity index (χ2n) is 6.38. The van der Waals surface area contributed by atoms with E-state index in [1.165, 1.54) is 6.08 Å². The SMILES string of the molecule is CCOc1ccc(C=CC(=O)NCC(=O)Nc2c(C)cc(C)cc2C)cc1. The Labute approximate surface area is 160 Å². The zero-order valence-electron chi connectivity index (χ0n) is 16.3. The zero-order chi connectivity index (χ0) is 19.8. The summed E-state index contributed by atoms with van der Waals surface area (Å²) in [6.07, 6.45) is 3.10. The van der Waals surface area contributed by atoms with Gasteiger partial charge in [0.1, 0.15) is 5.75 Å². The molecule has 0 aliphatic rings. The van der Waals surface area contributed by atoms with E-state index in [2.05, 4.69) is 10.6 Å². The topological polar surface area (TPSA) is 67.4 Å². The molecule has 0 saturated heterocycles. The van der Waals surface area contributed by atoms with Gasteiger partial charge in [-0.25, -0.2) is 0 Å². The smallest absolute Gasteiger partial charge is 0.244 e. The highest BCUT2D eigenvalue weighted by molar-refractivity contribution is 5.98. The van der Waals surface area contributed by atoms with Crippen LogP contribution in [0.2, 0.25) is 0 Å². The molecule has 0 bridgehead atoms. The van der Waals surface area contributed by atoms with Crippen molar-refractivity contribution < 1.29 is 14.3 Å². The van der Waals surface area contributed by atoms with Crippen molar-refractivity contribution in [2.75, 3.05) is 18.5 Å². The first kappa shape index (κ1) is 20.2. The molecular weight excluding hydrogens is 340 g/mol. The van der Waals surface area contributed by atoms with E-state index < -0.39 is 0 Å². The fourth-order valence-electron chi connectivity index (χ4n) is 2.80. The predicted molar refractivity (Wildman–Crippen MR) is 109 cm³/mol. The lowest BCUT2D eigenvalue weighted by Gasteiger charge is -2.13. The van der Waals surface area contributed by atoms with E-state index in [4.69, 9.17) is 4.74 Å². The van der Waals surface area contributed by atoms with Crippen molar-refractivity contribution >= 4 is 23.6 Å². The largest absolute Gasteiger partial charge is 0.494 e. The normalized spacial score (nSPS) is 10.7. The van der Waals surface area contributed by atoms with Crippen molar-refractivity contribution in [1.82, 2.24) is 5.32 Å². The summed E-state index contributed by atoms with van der Waals surface area (Å²) in [6.45, 7) is 8.38. The number of rotatable bonds is 7. The third-order valence-corrected chi connectivity index (χ3v) is 3.98. The maximum Gasteiger partial charge on any atom is 0.244 e. The molecule has 0 unspecified atom stereocenters. The van der Waals surface area contributed by atoms with Crippen LogP contribution < -0.4 is 15.4 Å². The Bertz CT molecular complexity index is 816. The van der Waals surface area contributed by atoms with Crippen molar-refractivity contribution in [2.24, 2.45) is 0 Å². The van der Waals surface area contributed by atoms with Gasteiger partial charge in [-0.15, -0.1) is 0 Å². The van der Waals surface area contributed by atoms with Crippen LogP contribution in [0.15, 0.2) is 42.5 Å². The Morgan fingerprint density at radius 1 is 1.04 bits per heavy atom. The lowest BCUT2D eigenvalue weighted by molar-refractivity contribution is -0.121. The van der Waals surface area contributed by atoms with Gasteiger partial charge in [-0.1, -0.05) is 29.8 Å². The van der Waals surface area contributed by atoms with Crippen LogP contribution in [0.4, 0.5) is 5.69 Å². The molecule has 0 aliphatic carbocycles. The van der Waals surface area contributed by atoms with Gasteiger partial charge in [0.25, 0.3) is 0 Å². The van der Waals surface area contributed by atoms with Gasteiger partial charge in [-0.2, -0.15) is 0 Å². The molecule has 0 fully saturated rings. The van der Waals surface area contributed by atoms with E-state index in [0.717, 1.165) is 33.7 Å². The summed E-state index contributed by atoms with van der Waals surface area (Å²) in [5.74, 6) is 0.210. The summed E-state index contributed by atoms with van der Waals surface area (Å²) in [4.78, 5) is 24.0. The average Bonchev–Trinajstić information content (AvgIpc) is 2.62. The molecule has 27 heavy (non-hydrogen) atoms. The highest BCUT2D eigenvalue weighted by Crippen LogP contribution is 2.21. The van der Waals surface area contributed by atoms with Gasteiger partial charge >= 0.3 is 0 Å². The van der Waals surface area contributed by atoms with Gasteiger partial charge in [0.2, 0.25) is 11.8 Å². The molecule has 142 valence electrons. The number of nitrogens with one attached hydrogen (secondary N) is 2. The van der Waals surface area contributed by atoms with Gasteiger partial charge in [0.15, 0.2) is 0 Å². The lowest BCUT2D eigenvalue weighted by atomic mass is 10.1. The zero-order valence-corrected chi connectivity index (χ0v) is 16.3. The van der Waals surface area contributed by atoms with Gasteiger partial charge in [-0.3, -0.25) is 9.59 Å². The molecule has 2 aromatic carbocycles. The average molecular weight is 366 g/mol. The Morgan fingerprint density at radius 2 is 1.67 bits per heavy atom. The molecule has 0 aliphatic heterocycles. The molecule has 0 heterocycles. The van der Waals surface area contributed by atoms with E-state index in [0.29, 0.717) is 6.61 Å². The van der Waals surface area contributed by atoms with E-state index in [-0.39, 0.29) is 18.4 Å². The number of hydrogen-bond acceptors (Lipinski definition) is 3. The summed E-state index contributed by atoms with van der Waals surface area (Å²) >= 11 is 0. The highest BCUT2D eigenvalue weighted by Gasteiger charge is 2.09. The maximum absolute atomic E-state index is 12.1. The van der Waals surface area contributed by atoms with Crippen LogP contribution in [0.1, 0.15) is 29.2 Å². The van der Waals surface area contributed by atoms with E-state index >= 15 is 0 Å². The van der Waals surface area contributed by atoms with Gasteiger partial charge < -0.3 is 15.4 Å². The summed E-state index contributed by atoms with van der Waals surface area (Å²) < 4.78 is 5.38. The van der Waals surface area contributed by atoms with Gasteiger partial charge in [0.05, 0.1) is 13.2 Å². The number of amides is 2. The third kappa shape index (κ3) is 6.29. The minimum Gasteiger partial charge on any atom is -0.494 e. The molecule has 5 nitrogen and oxygen atoms in total. The van der Waals surface area contributed by atoms with Crippen molar-refractivity contribution in [1.29, 1.82) is 0 Å². The van der Waals surface area contributed by atoms with Crippen LogP contribution in [0.25, 0.3) is 6.08 Å². The second-order valence-corrected chi connectivity index (χ2v) is 6.38. The second kappa shape index (κ2) is 9.57. The molecule has 0 aromatic heterocycles. The maximum atomic E-state index is 12.1. The molecule has 2 aromatic rings. The lowest BCUT2D eigenvalue weighted by Crippen LogP contribution is -2.32. The van der Waals surface area contributed by atoms with Gasteiger partial charge in [0, 0.05) is 11.8 Å². The first-order valence-corrected chi connectivity index (χ1v) is 8.95. The van der Waals surface area contributed by atoms with Crippen LogP contribution in [0, 0.1) is 20.8 Å². The van der Waals surface area contributed by atoms with Crippen LogP contribution in [-0.2, 0) is 9.59 Å². The van der Waals surface area contributed by atoms with Crippen LogP contribution >= 0.6 is 0 Å². The molecule has 2 rings (SSSR count). The molecule has 2 N–H and O–H groups in total. The predicted octanol–water partition coefficient (Wildman–Crippen LogP) is 3.78. The minimum absolute atomic E-state index is 0.0841. The molecule has 0 spiro atoms. The summed E-state index contributed by atoms with van der Waals surface area (Å²) in [7, 11) is 0. The quantitative estimate of drug-likeness (QED) is 0.733. The van der Waals surface area contributed by atoms with E-state index in [1.807, 2.05) is 64.1 Å². The highest BCUT2D eigenvalue weighted by atomic mass is 16.5. The Kier molecular flexibility index (Phi) is 7.17. The standard InChI is InChI=1S/C22H26N2O3/c1-5-27-19-9-6-18(7-10-19)8-11-20(25)23-14-21(26)24-22-16(3)12-15(2)13-17(22)4/h6-13H,5,14H2,1-4H3,(H,23,25)(H,24,26). The van der Waals surface area contributed by atoms with E-state index in [1.54, 1.807) is 6.08 Å². The first-order chi connectivity index (χ1) is 12.9. The summed E-state index contributed by atoms with van der Waals surface area (Å²) in [6, 6.07) is 11.5. The van der Waals surface area contributed by atoms with Crippen molar-refractivity contribution in [2.45, 2.75) is 27.7 Å². The molecular formula is C22H26N2O3. The number of carbonyl (C=O) groups is 2.